The summed E-state index contributed by atoms with van der Waals surface area (Å²) in [6, 6.07) is 4.08. The van der Waals surface area contributed by atoms with Crippen molar-refractivity contribution in [2.45, 2.75) is 32.6 Å². The maximum absolute atomic E-state index is 11.5. The Labute approximate surface area is 150 Å². The molecule has 0 atom stereocenters. The summed E-state index contributed by atoms with van der Waals surface area (Å²) in [6.45, 7) is 5.30. The van der Waals surface area contributed by atoms with Crippen molar-refractivity contribution in [2.75, 3.05) is 18.4 Å². The number of aryl methyl sites for hydroxylation is 1. The number of aromatic nitrogens is 3. The van der Waals surface area contributed by atoms with E-state index in [1.54, 1.807) is 18.3 Å². The van der Waals surface area contributed by atoms with Crippen molar-refractivity contribution in [2.24, 2.45) is 0 Å². The molecule has 1 aliphatic rings. The number of nitrogens with zero attached hydrogens (tertiary/aromatic N) is 4. The summed E-state index contributed by atoms with van der Waals surface area (Å²) in [5.41, 5.74) is 2.11. The van der Waals surface area contributed by atoms with Gasteiger partial charge < -0.3 is 14.6 Å². The Morgan fingerprint density at radius 1 is 1.36 bits per heavy atom. The molecule has 4 heterocycles. The zero-order chi connectivity index (χ0) is 17.4. The number of carbonyl (C=O) groups excluding carboxylic acids is 1. The third-order valence-corrected chi connectivity index (χ3v) is 5.57. The number of rotatable bonds is 3. The van der Waals surface area contributed by atoms with Crippen molar-refractivity contribution >= 4 is 33.7 Å². The number of fused-ring (bicyclic) bond motifs is 1. The van der Waals surface area contributed by atoms with Gasteiger partial charge in [-0.05, 0) is 31.9 Å². The first-order chi connectivity index (χ1) is 12.1. The van der Waals surface area contributed by atoms with E-state index in [9.17, 15) is 4.79 Å². The molecule has 4 rings (SSSR count). The Bertz CT molecular complexity index is 907. The molecule has 0 radical (unpaired) electrons. The normalized spacial score (nSPS) is 15.7. The van der Waals surface area contributed by atoms with Gasteiger partial charge in [-0.25, -0.2) is 9.97 Å². The lowest BCUT2D eigenvalue weighted by atomic mass is 9.93. The van der Waals surface area contributed by atoms with E-state index in [1.165, 1.54) is 4.88 Å². The van der Waals surface area contributed by atoms with Crippen LogP contribution in [0.3, 0.4) is 0 Å². The van der Waals surface area contributed by atoms with E-state index in [2.05, 4.69) is 27.0 Å². The predicted molar refractivity (Wildman–Crippen MR) is 99.6 cm³/mol. The minimum Gasteiger partial charge on any atom is -0.343 e. The number of anilines is 2. The van der Waals surface area contributed by atoms with Gasteiger partial charge in [-0.3, -0.25) is 4.79 Å². The minimum atomic E-state index is 0.161. The van der Waals surface area contributed by atoms with Gasteiger partial charge in [-0.1, -0.05) is 0 Å². The molecule has 0 spiro atoms. The molecule has 0 aliphatic carbocycles. The number of hydrogen-bond donors (Lipinski definition) is 1. The fraction of sp³-hybridized carbons (Fsp3) is 0.389. The molecule has 0 unspecified atom stereocenters. The number of hydrogen-bond acceptors (Lipinski definition) is 5. The average molecular weight is 355 g/mol. The Morgan fingerprint density at radius 2 is 2.16 bits per heavy atom. The third kappa shape index (κ3) is 3.24. The van der Waals surface area contributed by atoms with Crippen LogP contribution < -0.4 is 5.32 Å². The fourth-order valence-electron chi connectivity index (χ4n) is 3.36. The van der Waals surface area contributed by atoms with Gasteiger partial charge in [0.25, 0.3) is 0 Å². The molecule has 1 saturated heterocycles. The van der Waals surface area contributed by atoms with Gasteiger partial charge in [0.05, 0.1) is 11.2 Å². The first-order valence-electron chi connectivity index (χ1n) is 8.53. The van der Waals surface area contributed by atoms with Crippen molar-refractivity contribution in [1.29, 1.82) is 0 Å². The lowest BCUT2D eigenvalue weighted by molar-refractivity contribution is -0.129. The number of carbonyl (C=O) groups is 1. The monoisotopic (exact) mass is 355 g/mol. The molecule has 0 aromatic carbocycles. The second-order valence-electron chi connectivity index (χ2n) is 6.50. The zero-order valence-electron chi connectivity index (χ0n) is 14.4. The molecule has 130 valence electrons. The van der Waals surface area contributed by atoms with E-state index < -0.39 is 0 Å². The second kappa shape index (κ2) is 6.48. The highest BCUT2D eigenvalue weighted by Gasteiger charge is 2.24. The van der Waals surface area contributed by atoms with Crippen molar-refractivity contribution < 1.29 is 4.79 Å². The van der Waals surface area contributed by atoms with Gasteiger partial charge in [0.1, 0.15) is 0 Å². The summed E-state index contributed by atoms with van der Waals surface area (Å²) in [5, 5.41) is 4.23. The fourth-order valence-corrected chi connectivity index (χ4v) is 4.02. The zero-order valence-corrected chi connectivity index (χ0v) is 15.2. The topological polar surface area (TPSA) is 62.5 Å². The Kier molecular flexibility index (Phi) is 4.17. The van der Waals surface area contributed by atoms with Crippen LogP contribution in [0.5, 0.6) is 0 Å². The van der Waals surface area contributed by atoms with Crippen LogP contribution in [0, 0.1) is 6.92 Å². The first-order valence-corrected chi connectivity index (χ1v) is 9.34. The Hall–Kier alpha value is -2.41. The lowest BCUT2D eigenvalue weighted by Crippen LogP contribution is -2.36. The summed E-state index contributed by atoms with van der Waals surface area (Å²) in [6.07, 6.45) is 7.93. The van der Waals surface area contributed by atoms with Crippen LogP contribution >= 0.6 is 11.3 Å². The number of amides is 1. The second-order valence-corrected chi connectivity index (χ2v) is 7.73. The van der Waals surface area contributed by atoms with Crippen molar-refractivity contribution in [3.05, 3.63) is 41.3 Å². The van der Waals surface area contributed by atoms with E-state index in [-0.39, 0.29) is 5.91 Å². The van der Waals surface area contributed by atoms with E-state index >= 15 is 0 Å². The van der Waals surface area contributed by atoms with Gasteiger partial charge in [-0.15, -0.1) is 11.3 Å². The summed E-state index contributed by atoms with van der Waals surface area (Å²) in [7, 11) is 0. The van der Waals surface area contributed by atoms with Crippen molar-refractivity contribution in [3.8, 4) is 0 Å². The molecule has 1 N–H and O–H groups in total. The van der Waals surface area contributed by atoms with Crippen LogP contribution in [0.1, 0.15) is 36.3 Å². The predicted octanol–water partition coefficient (Wildman–Crippen LogP) is 3.57. The van der Waals surface area contributed by atoms with Gasteiger partial charge >= 0.3 is 0 Å². The van der Waals surface area contributed by atoms with Crippen LogP contribution in [0.15, 0.2) is 30.7 Å². The molecule has 3 aromatic rings. The van der Waals surface area contributed by atoms with E-state index in [0.717, 1.165) is 48.1 Å². The number of nitrogens with one attached hydrogen (secondary N) is 1. The summed E-state index contributed by atoms with van der Waals surface area (Å²) >= 11 is 1.62. The standard InChI is InChI=1S/C18H21N5OS/c1-12-10-19-18(25-12)21-17-16-4-3-7-23(16)11-15(20-17)14-5-8-22(9-6-14)13(2)24/h3-4,7,10-11,14H,5-6,8-9H2,1-2H3,(H,19,20,21). The van der Waals surface area contributed by atoms with Crippen LogP contribution in [0.25, 0.3) is 5.52 Å². The highest BCUT2D eigenvalue weighted by molar-refractivity contribution is 7.15. The summed E-state index contributed by atoms with van der Waals surface area (Å²) in [5.74, 6) is 1.38. The van der Waals surface area contributed by atoms with Crippen LogP contribution in [-0.2, 0) is 4.79 Å². The molecule has 0 bridgehead atoms. The van der Waals surface area contributed by atoms with Crippen LogP contribution in [0.2, 0.25) is 0 Å². The van der Waals surface area contributed by atoms with Crippen LogP contribution in [-0.4, -0.2) is 38.3 Å². The maximum Gasteiger partial charge on any atom is 0.219 e. The van der Waals surface area contributed by atoms with Gasteiger partial charge in [-0.2, -0.15) is 0 Å². The average Bonchev–Trinajstić information content (AvgIpc) is 3.23. The molecular formula is C18H21N5OS. The smallest absolute Gasteiger partial charge is 0.219 e. The van der Waals surface area contributed by atoms with E-state index in [4.69, 9.17) is 4.98 Å². The largest absolute Gasteiger partial charge is 0.343 e. The highest BCUT2D eigenvalue weighted by atomic mass is 32.1. The Morgan fingerprint density at radius 3 is 2.84 bits per heavy atom. The lowest BCUT2D eigenvalue weighted by Gasteiger charge is -2.31. The highest BCUT2D eigenvalue weighted by Crippen LogP contribution is 2.30. The Balaban J connectivity index is 1.63. The molecular weight excluding hydrogens is 334 g/mol. The van der Waals surface area contributed by atoms with E-state index in [1.807, 2.05) is 30.3 Å². The molecule has 25 heavy (non-hydrogen) atoms. The summed E-state index contributed by atoms with van der Waals surface area (Å²) < 4.78 is 2.11. The van der Waals surface area contributed by atoms with Crippen molar-refractivity contribution in [3.63, 3.8) is 0 Å². The van der Waals surface area contributed by atoms with Gasteiger partial charge in [0, 0.05) is 49.4 Å². The first kappa shape index (κ1) is 16.1. The number of likely N-dealkylation sites (tertiary alicyclic amines) is 1. The molecule has 6 nitrogen and oxygen atoms in total. The van der Waals surface area contributed by atoms with Gasteiger partial charge in [0.2, 0.25) is 5.91 Å². The van der Waals surface area contributed by atoms with Gasteiger partial charge in [0.15, 0.2) is 10.9 Å². The summed E-state index contributed by atoms with van der Waals surface area (Å²) in [4.78, 5) is 23.9. The van der Waals surface area contributed by atoms with Crippen LogP contribution in [0.4, 0.5) is 10.9 Å². The molecule has 1 fully saturated rings. The third-order valence-electron chi connectivity index (χ3n) is 4.74. The molecule has 0 saturated carbocycles. The molecule has 1 aliphatic heterocycles. The maximum atomic E-state index is 11.5. The quantitative estimate of drug-likeness (QED) is 0.780. The van der Waals surface area contributed by atoms with Crippen molar-refractivity contribution in [1.82, 2.24) is 19.3 Å². The molecule has 1 amide bonds. The number of thiazole rings is 1. The minimum absolute atomic E-state index is 0.161. The molecule has 3 aromatic heterocycles. The van der Waals surface area contributed by atoms with E-state index in [0.29, 0.717) is 5.92 Å². The molecule has 7 heteroatoms. The SMILES string of the molecule is CC(=O)N1CCC(c2cn3cccc3c(Nc3ncc(C)s3)n2)CC1. The number of piperidine rings is 1.